The Morgan fingerprint density at radius 3 is 2.66 bits per heavy atom. The second kappa shape index (κ2) is 8.55. The monoisotopic (exact) mass is 447 g/mol. The van der Waals surface area contributed by atoms with E-state index in [1.54, 1.807) is 23.5 Å². The Labute approximate surface area is 187 Å². The topological polar surface area (TPSA) is 98.1 Å². The Morgan fingerprint density at radius 2 is 1.84 bits per heavy atom. The molecule has 0 saturated heterocycles. The number of nitrogens with one attached hydrogen (secondary N) is 1. The number of non-ortho nitro benzene ring substituents is 1. The van der Waals surface area contributed by atoms with Gasteiger partial charge in [-0.1, -0.05) is 18.6 Å². The molecule has 5 rings (SSSR count). The van der Waals surface area contributed by atoms with Crippen LogP contribution in [0.3, 0.4) is 0 Å². The normalized spacial score (nSPS) is 13.5. The summed E-state index contributed by atoms with van der Waals surface area (Å²) in [4.78, 5) is 33.2. The lowest BCUT2D eigenvalue weighted by Crippen LogP contribution is -2.10. The smallest absolute Gasteiger partial charge is 0.269 e. The van der Waals surface area contributed by atoms with Crippen molar-refractivity contribution in [3.8, 4) is 17.1 Å². The number of fused-ring (bicyclic) bond motifs is 3. The SMILES string of the molecule is O=c1[nH]c(-c2ccccc2OCc2ccc([N+](=O)[O-])cc2)nc2sc3c(c12)CCCCC3. The number of ether oxygens (including phenoxy) is 1. The van der Waals surface area contributed by atoms with E-state index >= 15 is 0 Å². The minimum Gasteiger partial charge on any atom is -0.488 e. The summed E-state index contributed by atoms with van der Waals surface area (Å²) in [6.07, 6.45) is 5.42. The standard InChI is InChI=1S/C24H21N3O4S/c28-23-21-18-7-2-1-3-9-20(18)32-24(21)26-22(25-23)17-6-4-5-8-19(17)31-14-15-10-12-16(13-11-15)27(29)30/h4-6,8,10-13H,1-3,7,9,14H2,(H,25,26,28). The summed E-state index contributed by atoms with van der Waals surface area (Å²) in [5, 5.41) is 11.6. The number of nitrogens with zero attached hydrogens (tertiary/aromatic N) is 2. The van der Waals surface area contributed by atoms with Gasteiger partial charge in [0.05, 0.1) is 15.9 Å². The van der Waals surface area contributed by atoms with Gasteiger partial charge in [0, 0.05) is 17.0 Å². The van der Waals surface area contributed by atoms with Gasteiger partial charge in [0.1, 0.15) is 23.0 Å². The average molecular weight is 448 g/mol. The van der Waals surface area contributed by atoms with Gasteiger partial charge in [0.25, 0.3) is 11.2 Å². The van der Waals surface area contributed by atoms with Gasteiger partial charge in [-0.15, -0.1) is 11.3 Å². The van der Waals surface area contributed by atoms with Crippen molar-refractivity contribution in [2.75, 3.05) is 0 Å². The number of benzene rings is 2. The van der Waals surface area contributed by atoms with E-state index in [4.69, 9.17) is 9.72 Å². The van der Waals surface area contributed by atoms with Gasteiger partial charge in [-0.3, -0.25) is 14.9 Å². The second-order valence-electron chi connectivity index (χ2n) is 7.87. The maximum Gasteiger partial charge on any atom is 0.269 e. The third-order valence-electron chi connectivity index (χ3n) is 5.76. The zero-order valence-corrected chi connectivity index (χ0v) is 18.1. The van der Waals surface area contributed by atoms with Gasteiger partial charge < -0.3 is 9.72 Å². The summed E-state index contributed by atoms with van der Waals surface area (Å²) in [6, 6.07) is 13.7. The summed E-state index contributed by atoms with van der Waals surface area (Å²) in [5.74, 6) is 1.07. The molecule has 0 aliphatic heterocycles. The van der Waals surface area contributed by atoms with E-state index in [9.17, 15) is 14.9 Å². The molecule has 162 valence electrons. The van der Waals surface area contributed by atoms with E-state index in [-0.39, 0.29) is 17.9 Å². The summed E-state index contributed by atoms with van der Waals surface area (Å²) < 4.78 is 6.00. The van der Waals surface area contributed by atoms with Crippen LogP contribution in [-0.4, -0.2) is 14.9 Å². The van der Waals surface area contributed by atoms with Crippen LogP contribution in [0.25, 0.3) is 21.6 Å². The Bertz CT molecular complexity index is 1360. The lowest BCUT2D eigenvalue weighted by molar-refractivity contribution is -0.384. The molecule has 4 aromatic rings. The number of rotatable bonds is 5. The molecule has 8 heteroatoms. The molecule has 32 heavy (non-hydrogen) atoms. The van der Waals surface area contributed by atoms with Gasteiger partial charge in [-0.25, -0.2) is 4.98 Å². The van der Waals surface area contributed by atoms with Gasteiger partial charge >= 0.3 is 0 Å². The van der Waals surface area contributed by atoms with Crippen molar-refractivity contribution in [2.24, 2.45) is 0 Å². The number of hydrogen-bond acceptors (Lipinski definition) is 6. The van der Waals surface area contributed by atoms with Gasteiger partial charge in [-0.2, -0.15) is 0 Å². The number of thiophene rings is 1. The molecule has 1 aliphatic carbocycles. The summed E-state index contributed by atoms with van der Waals surface area (Å²) in [6.45, 7) is 0.245. The third kappa shape index (κ3) is 3.89. The van der Waals surface area contributed by atoms with Crippen molar-refractivity contribution in [2.45, 2.75) is 38.7 Å². The molecule has 1 N–H and O–H groups in total. The molecule has 2 aromatic carbocycles. The fraction of sp³-hybridized carbons (Fsp3) is 0.250. The number of nitro benzene ring substituents is 1. The molecule has 0 fully saturated rings. The van der Waals surface area contributed by atoms with Gasteiger partial charge in [-0.05, 0) is 61.1 Å². The Kier molecular flexibility index (Phi) is 5.45. The van der Waals surface area contributed by atoms with Crippen molar-refractivity contribution in [3.63, 3.8) is 0 Å². The maximum absolute atomic E-state index is 13.0. The zero-order chi connectivity index (χ0) is 22.1. The molecule has 0 spiro atoms. The molecule has 2 heterocycles. The average Bonchev–Trinajstić information content (AvgIpc) is 3.00. The molecule has 0 saturated carbocycles. The lowest BCUT2D eigenvalue weighted by Gasteiger charge is -2.11. The molecule has 2 aromatic heterocycles. The van der Waals surface area contributed by atoms with E-state index in [2.05, 4.69) is 4.98 Å². The minimum absolute atomic E-state index is 0.0403. The Hall–Kier alpha value is -3.52. The highest BCUT2D eigenvalue weighted by Crippen LogP contribution is 2.35. The number of aromatic amines is 1. The zero-order valence-electron chi connectivity index (χ0n) is 17.3. The first-order chi connectivity index (χ1) is 15.6. The van der Waals surface area contributed by atoms with Crippen molar-refractivity contribution >= 4 is 27.2 Å². The van der Waals surface area contributed by atoms with Gasteiger partial charge in [0.2, 0.25) is 0 Å². The number of hydrogen-bond donors (Lipinski definition) is 1. The van der Waals surface area contributed by atoms with Crippen molar-refractivity contribution in [1.82, 2.24) is 9.97 Å². The molecule has 0 bridgehead atoms. The predicted octanol–water partition coefficient (Wildman–Crippen LogP) is 5.41. The van der Waals surface area contributed by atoms with Crippen LogP contribution in [-0.2, 0) is 19.4 Å². The fourth-order valence-corrected chi connectivity index (χ4v) is 5.39. The molecule has 0 radical (unpaired) electrons. The first-order valence-electron chi connectivity index (χ1n) is 10.6. The summed E-state index contributed by atoms with van der Waals surface area (Å²) >= 11 is 1.63. The first kappa shape index (κ1) is 20.4. The highest BCUT2D eigenvalue weighted by atomic mass is 32.1. The van der Waals surface area contributed by atoms with E-state index in [0.29, 0.717) is 17.1 Å². The molecular formula is C24H21N3O4S. The van der Waals surface area contributed by atoms with Crippen molar-refractivity contribution in [1.29, 1.82) is 0 Å². The van der Waals surface area contributed by atoms with E-state index in [1.165, 1.54) is 29.0 Å². The summed E-state index contributed by atoms with van der Waals surface area (Å²) in [5.41, 5.74) is 2.62. The van der Waals surface area contributed by atoms with Crippen LogP contribution in [0, 0.1) is 10.1 Å². The quantitative estimate of drug-likeness (QED) is 0.251. The molecule has 0 amide bonds. The summed E-state index contributed by atoms with van der Waals surface area (Å²) in [7, 11) is 0. The number of aromatic nitrogens is 2. The lowest BCUT2D eigenvalue weighted by atomic mass is 10.1. The van der Waals surface area contributed by atoms with E-state index in [1.807, 2.05) is 24.3 Å². The number of aryl methyl sites for hydroxylation is 2. The first-order valence-corrected chi connectivity index (χ1v) is 11.4. The van der Waals surface area contributed by atoms with Crippen molar-refractivity contribution in [3.05, 3.63) is 85.0 Å². The largest absolute Gasteiger partial charge is 0.488 e. The Balaban J connectivity index is 1.46. The van der Waals surface area contributed by atoms with Crippen molar-refractivity contribution < 1.29 is 9.66 Å². The van der Waals surface area contributed by atoms with Crippen LogP contribution < -0.4 is 10.3 Å². The highest BCUT2D eigenvalue weighted by Gasteiger charge is 2.20. The van der Waals surface area contributed by atoms with Gasteiger partial charge in [0.15, 0.2) is 0 Å². The Morgan fingerprint density at radius 1 is 1.06 bits per heavy atom. The molecule has 1 aliphatic rings. The predicted molar refractivity (Wildman–Crippen MR) is 124 cm³/mol. The van der Waals surface area contributed by atoms with Crippen LogP contribution in [0.2, 0.25) is 0 Å². The van der Waals surface area contributed by atoms with E-state index < -0.39 is 4.92 Å². The number of H-pyrrole nitrogens is 1. The van der Waals surface area contributed by atoms with Crippen LogP contribution in [0.4, 0.5) is 5.69 Å². The molecular weight excluding hydrogens is 426 g/mol. The second-order valence-corrected chi connectivity index (χ2v) is 8.95. The number of nitro groups is 1. The maximum atomic E-state index is 13.0. The fourth-order valence-electron chi connectivity index (χ4n) is 4.13. The van der Waals surface area contributed by atoms with Crippen LogP contribution in [0.1, 0.15) is 35.3 Å². The van der Waals surface area contributed by atoms with Crippen LogP contribution in [0.5, 0.6) is 5.75 Å². The van der Waals surface area contributed by atoms with E-state index in [0.717, 1.165) is 41.5 Å². The molecule has 0 unspecified atom stereocenters. The number of para-hydroxylation sites is 1. The van der Waals surface area contributed by atoms with Crippen LogP contribution in [0.15, 0.2) is 53.3 Å². The van der Waals surface area contributed by atoms with Crippen LogP contribution >= 0.6 is 11.3 Å². The molecule has 0 atom stereocenters. The minimum atomic E-state index is -0.428. The highest BCUT2D eigenvalue weighted by molar-refractivity contribution is 7.18. The molecule has 7 nitrogen and oxygen atoms in total. The third-order valence-corrected chi connectivity index (χ3v) is 6.94.